The lowest BCUT2D eigenvalue weighted by Crippen LogP contribution is -2.12. The van der Waals surface area contributed by atoms with Crippen LogP contribution in [0.15, 0.2) is 28.7 Å². The molecule has 1 aromatic rings. The molecule has 1 heterocycles. The van der Waals surface area contributed by atoms with Crippen molar-refractivity contribution >= 4 is 21.6 Å². The number of anilines is 1. The van der Waals surface area contributed by atoms with E-state index in [9.17, 15) is 0 Å². The van der Waals surface area contributed by atoms with E-state index in [4.69, 9.17) is 0 Å². The highest BCUT2D eigenvalue weighted by atomic mass is 79.9. The van der Waals surface area contributed by atoms with E-state index in [1.165, 1.54) is 31.6 Å². The molecule has 0 spiro atoms. The van der Waals surface area contributed by atoms with E-state index in [2.05, 4.69) is 44.8 Å². The summed E-state index contributed by atoms with van der Waals surface area (Å²) >= 11 is 3.54. The molecule has 2 rings (SSSR count). The fraction of sp³-hybridized carbons (Fsp3) is 0.500. The fourth-order valence-corrected chi connectivity index (χ4v) is 2.40. The Hall–Kier alpha value is -0.540. The van der Waals surface area contributed by atoms with Gasteiger partial charge in [0.15, 0.2) is 0 Å². The van der Waals surface area contributed by atoms with Crippen LogP contribution in [0, 0.1) is 5.92 Å². The molecule has 1 aliphatic rings. The first-order valence-corrected chi connectivity index (χ1v) is 6.34. The fourth-order valence-electron chi connectivity index (χ4n) is 1.98. The molecule has 3 heteroatoms. The molecular formula is C12H17BrN2. The van der Waals surface area contributed by atoms with Gasteiger partial charge in [0.2, 0.25) is 0 Å². The van der Waals surface area contributed by atoms with Gasteiger partial charge >= 0.3 is 0 Å². The maximum Gasteiger partial charge on any atom is 0.0484 e. The van der Waals surface area contributed by atoms with E-state index in [1.807, 2.05) is 6.07 Å². The molecule has 1 unspecified atom stereocenters. The van der Waals surface area contributed by atoms with Crippen LogP contribution in [0.5, 0.6) is 0 Å². The van der Waals surface area contributed by atoms with Crippen molar-refractivity contribution in [2.24, 2.45) is 5.92 Å². The normalized spacial score (nSPS) is 20.5. The molecule has 82 valence electrons. The Morgan fingerprint density at radius 1 is 1.40 bits per heavy atom. The number of hydrogen-bond acceptors (Lipinski definition) is 2. The maximum atomic E-state index is 3.54. The molecule has 15 heavy (non-hydrogen) atoms. The quantitative estimate of drug-likeness (QED) is 0.878. The van der Waals surface area contributed by atoms with Gasteiger partial charge in [0.05, 0.1) is 0 Å². The van der Waals surface area contributed by atoms with Crippen molar-refractivity contribution in [1.82, 2.24) is 5.32 Å². The Bertz CT molecular complexity index is 308. The second-order valence-electron chi connectivity index (χ2n) is 4.05. The molecule has 0 bridgehead atoms. The zero-order chi connectivity index (χ0) is 10.5. The van der Waals surface area contributed by atoms with Crippen LogP contribution in [0.1, 0.15) is 12.8 Å². The first kappa shape index (κ1) is 11.0. The van der Waals surface area contributed by atoms with Gasteiger partial charge < -0.3 is 10.6 Å². The largest absolute Gasteiger partial charge is 0.384 e. The van der Waals surface area contributed by atoms with Crippen molar-refractivity contribution in [2.45, 2.75) is 12.8 Å². The van der Waals surface area contributed by atoms with Gasteiger partial charge in [0.1, 0.15) is 0 Å². The molecule has 0 saturated carbocycles. The minimum atomic E-state index is 0.861. The molecule has 1 aliphatic heterocycles. The summed E-state index contributed by atoms with van der Waals surface area (Å²) in [5.41, 5.74) is 1.20. The van der Waals surface area contributed by atoms with Gasteiger partial charge in [-0.3, -0.25) is 0 Å². The van der Waals surface area contributed by atoms with E-state index in [0.717, 1.165) is 16.9 Å². The Morgan fingerprint density at radius 3 is 3.00 bits per heavy atom. The smallest absolute Gasteiger partial charge is 0.0484 e. The minimum Gasteiger partial charge on any atom is -0.384 e. The van der Waals surface area contributed by atoms with Crippen molar-refractivity contribution < 1.29 is 0 Å². The zero-order valence-corrected chi connectivity index (χ0v) is 10.4. The molecule has 2 N–H and O–H groups in total. The van der Waals surface area contributed by atoms with Crippen molar-refractivity contribution in [2.75, 3.05) is 25.0 Å². The number of rotatable bonds is 4. The zero-order valence-electron chi connectivity index (χ0n) is 8.80. The topological polar surface area (TPSA) is 24.1 Å². The lowest BCUT2D eigenvalue weighted by Gasteiger charge is -2.11. The van der Waals surface area contributed by atoms with E-state index < -0.39 is 0 Å². The van der Waals surface area contributed by atoms with E-state index in [0.29, 0.717) is 0 Å². The highest BCUT2D eigenvalue weighted by Gasteiger charge is 2.13. The third-order valence-corrected chi connectivity index (χ3v) is 3.60. The number of halogens is 1. The van der Waals surface area contributed by atoms with Crippen LogP contribution in [-0.4, -0.2) is 19.6 Å². The summed E-state index contributed by atoms with van der Waals surface area (Å²) in [7, 11) is 0. The molecular weight excluding hydrogens is 252 g/mol. The average Bonchev–Trinajstić information content (AvgIpc) is 2.74. The predicted molar refractivity (Wildman–Crippen MR) is 68.2 cm³/mol. The number of benzene rings is 1. The third-order valence-electron chi connectivity index (χ3n) is 2.90. The Kier molecular flexibility index (Phi) is 4.03. The summed E-state index contributed by atoms with van der Waals surface area (Å²) in [6.45, 7) is 3.45. The van der Waals surface area contributed by atoms with Crippen LogP contribution < -0.4 is 10.6 Å². The van der Waals surface area contributed by atoms with Gasteiger partial charge in [-0.25, -0.2) is 0 Å². The summed E-state index contributed by atoms with van der Waals surface area (Å²) < 4.78 is 1.15. The maximum absolute atomic E-state index is 3.54. The van der Waals surface area contributed by atoms with Crippen molar-refractivity contribution in [1.29, 1.82) is 0 Å². The van der Waals surface area contributed by atoms with E-state index >= 15 is 0 Å². The van der Waals surface area contributed by atoms with Gasteiger partial charge in [-0.15, -0.1) is 0 Å². The van der Waals surface area contributed by atoms with Crippen LogP contribution in [0.2, 0.25) is 0 Å². The second-order valence-corrected chi connectivity index (χ2v) is 4.91. The lowest BCUT2D eigenvalue weighted by atomic mass is 10.1. The standard InChI is InChI=1S/C12H17BrN2/c13-11-3-1-2-4-12(11)15-8-6-10-5-7-14-9-10/h1-4,10,14-15H,5-9H2. The van der Waals surface area contributed by atoms with Crippen LogP contribution in [-0.2, 0) is 0 Å². The highest BCUT2D eigenvalue weighted by Crippen LogP contribution is 2.21. The molecule has 1 saturated heterocycles. The highest BCUT2D eigenvalue weighted by molar-refractivity contribution is 9.10. The molecule has 2 nitrogen and oxygen atoms in total. The second kappa shape index (κ2) is 5.52. The average molecular weight is 269 g/mol. The third kappa shape index (κ3) is 3.21. The van der Waals surface area contributed by atoms with Gasteiger partial charge in [-0.1, -0.05) is 12.1 Å². The first-order valence-electron chi connectivity index (χ1n) is 5.55. The summed E-state index contributed by atoms with van der Waals surface area (Å²) in [6, 6.07) is 8.27. The van der Waals surface area contributed by atoms with Gasteiger partial charge in [0, 0.05) is 16.7 Å². The van der Waals surface area contributed by atoms with Gasteiger partial charge in [-0.2, -0.15) is 0 Å². The van der Waals surface area contributed by atoms with Crippen LogP contribution in [0.3, 0.4) is 0 Å². The van der Waals surface area contributed by atoms with Crippen LogP contribution >= 0.6 is 15.9 Å². The molecule has 0 radical (unpaired) electrons. The Labute approximate surface area is 99.6 Å². The molecule has 0 aromatic heterocycles. The first-order chi connectivity index (χ1) is 7.36. The number of para-hydroxylation sites is 1. The van der Waals surface area contributed by atoms with Crippen LogP contribution in [0.25, 0.3) is 0 Å². The molecule has 0 amide bonds. The van der Waals surface area contributed by atoms with Crippen molar-refractivity contribution in [3.05, 3.63) is 28.7 Å². The van der Waals surface area contributed by atoms with Crippen molar-refractivity contribution in [3.8, 4) is 0 Å². The molecule has 1 aromatic carbocycles. The van der Waals surface area contributed by atoms with Gasteiger partial charge in [0.25, 0.3) is 0 Å². The monoisotopic (exact) mass is 268 g/mol. The van der Waals surface area contributed by atoms with Crippen LogP contribution in [0.4, 0.5) is 5.69 Å². The summed E-state index contributed by atoms with van der Waals surface area (Å²) in [5.74, 6) is 0.861. The van der Waals surface area contributed by atoms with E-state index in [1.54, 1.807) is 0 Å². The van der Waals surface area contributed by atoms with E-state index in [-0.39, 0.29) is 0 Å². The minimum absolute atomic E-state index is 0.861. The Balaban J connectivity index is 1.75. The summed E-state index contributed by atoms with van der Waals surface area (Å²) in [4.78, 5) is 0. The SMILES string of the molecule is Brc1ccccc1NCCC1CCNC1. The predicted octanol–water partition coefficient (Wildman–Crippen LogP) is 2.86. The van der Waals surface area contributed by atoms with Gasteiger partial charge in [-0.05, 0) is 59.9 Å². The molecule has 1 atom stereocenters. The van der Waals surface area contributed by atoms with Crippen molar-refractivity contribution in [3.63, 3.8) is 0 Å². The molecule has 1 fully saturated rings. The number of hydrogen-bond donors (Lipinski definition) is 2. The summed E-state index contributed by atoms with van der Waals surface area (Å²) in [6.07, 6.45) is 2.59. The summed E-state index contributed by atoms with van der Waals surface area (Å²) in [5, 5.41) is 6.86. The lowest BCUT2D eigenvalue weighted by molar-refractivity contribution is 0.549. The molecule has 0 aliphatic carbocycles. The Morgan fingerprint density at radius 2 is 2.27 bits per heavy atom. The number of nitrogens with one attached hydrogen (secondary N) is 2.